The summed E-state index contributed by atoms with van der Waals surface area (Å²) in [5.74, 6) is 0.701. The van der Waals surface area contributed by atoms with Gasteiger partial charge in [0.05, 0.1) is 17.1 Å². The van der Waals surface area contributed by atoms with Gasteiger partial charge in [-0.3, -0.25) is 4.40 Å². The molecule has 0 aliphatic carbocycles. The van der Waals surface area contributed by atoms with Gasteiger partial charge < -0.3 is 0 Å². The molecular formula is C44H27N5. The molecule has 0 N–H and O–H groups in total. The summed E-state index contributed by atoms with van der Waals surface area (Å²) in [5, 5.41) is 6.79. The Morgan fingerprint density at radius 2 is 1.00 bits per heavy atom. The summed E-state index contributed by atoms with van der Waals surface area (Å²) in [4.78, 5) is 20.6. The fraction of sp³-hybridized carbons (Fsp3) is 0. The van der Waals surface area contributed by atoms with Gasteiger partial charge in [0, 0.05) is 39.2 Å². The molecule has 5 heteroatoms. The Morgan fingerprint density at radius 3 is 1.78 bits per heavy atom. The summed E-state index contributed by atoms with van der Waals surface area (Å²) in [6.45, 7) is 0. The molecule has 0 spiro atoms. The molecule has 0 saturated heterocycles. The molecule has 0 aliphatic rings. The van der Waals surface area contributed by atoms with Crippen molar-refractivity contribution >= 4 is 49.1 Å². The maximum atomic E-state index is 5.22. The molecule has 0 amide bonds. The zero-order chi connectivity index (χ0) is 32.3. The van der Waals surface area contributed by atoms with E-state index < -0.39 is 0 Å². The molecule has 0 saturated carbocycles. The molecule has 6 aromatic carbocycles. The van der Waals surface area contributed by atoms with Crippen LogP contribution in [-0.2, 0) is 0 Å². The Bertz CT molecular complexity index is 2780. The van der Waals surface area contributed by atoms with Crippen LogP contribution < -0.4 is 0 Å². The van der Waals surface area contributed by atoms with Gasteiger partial charge in [0.1, 0.15) is 11.2 Å². The second-order valence-corrected chi connectivity index (χ2v) is 12.3. The molecule has 10 rings (SSSR count). The first-order valence-corrected chi connectivity index (χ1v) is 16.4. The van der Waals surface area contributed by atoms with Gasteiger partial charge in [0.25, 0.3) is 0 Å². The van der Waals surface area contributed by atoms with E-state index in [4.69, 9.17) is 19.9 Å². The maximum absolute atomic E-state index is 5.22. The maximum Gasteiger partial charge on any atom is 0.165 e. The van der Waals surface area contributed by atoms with E-state index in [1.54, 1.807) is 0 Å². The Labute approximate surface area is 281 Å². The van der Waals surface area contributed by atoms with E-state index in [1.807, 2.05) is 24.4 Å². The quantitative estimate of drug-likeness (QED) is 0.195. The van der Waals surface area contributed by atoms with Crippen LogP contribution in [0, 0.1) is 0 Å². The Hall–Kier alpha value is -6.72. The van der Waals surface area contributed by atoms with Gasteiger partial charge in [0.2, 0.25) is 0 Å². The zero-order valence-electron chi connectivity index (χ0n) is 26.3. The van der Waals surface area contributed by atoms with Crippen molar-refractivity contribution in [1.29, 1.82) is 0 Å². The van der Waals surface area contributed by atoms with Crippen molar-refractivity contribution in [2.45, 2.75) is 0 Å². The smallest absolute Gasteiger partial charge is 0.165 e. The van der Waals surface area contributed by atoms with Crippen molar-refractivity contribution < 1.29 is 0 Å². The van der Waals surface area contributed by atoms with Crippen LogP contribution in [0.1, 0.15) is 0 Å². The average Bonchev–Trinajstić information content (AvgIpc) is 3.56. The molecule has 0 fully saturated rings. The number of hydrogen-bond donors (Lipinski definition) is 0. The number of imidazole rings is 1. The highest BCUT2D eigenvalue weighted by Crippen LogP contribution is 2.36. The summed E-state index contributed by atoms with van der Waals surface area (Å²) in [6.07, 6.45) is 2.02. The number of rotatable bonds is 4. The van der Waals surface area contributed by atoms with Gasteiger partial charge in [0.15, 0.2) is 11.5 Å². The topological polar surface area (TPSA) is 56.0 Å². The van der Waals surface area contributed by atoms with Crippen molar-refractivity contribution in [2.24, 2.45) is 0 Å². The van der Waals surface area contributed by atoms with Gasteiger partial charge in [-0.05, 0) is 39.7 Å². The highest BCUT2D eigenvalue weighted by atomic mass is 15.1. The SMILES string of the molecule is c1ccc2c(-c3cc(-c4ccc(-c5nc6c(nc7ccccn76)c6ccccc56)cc4)nc(-c4cccc5ccccc45)n3)cccc2c1. The van der Waals surface area contributed by atoms with Gasteiger partial charge >= 0.3 is 0 Å². The average molecular weight is 626 g/mol. The lowest BCUT2D eigenvalue weighted by Gasteiger charge is -2.13. The standard InChI is InChI=1S/C44H27N5/c1-3-15-32-28(11-1)13-9-19-34(32)39-27-38(45-43(46-39)37-20-10-14-29-12-2-4-16-33(29)37)30-22-24-31(25-23-30)41-35-17-5-6-18-36(35)42-44(48-41)49-26-8-7-21-40(49)47-42/h1-27H. The summed E-state index contributed by atoms with van der Waals surface area (Å²) in [5.41, 5.74) is 9.45. The third-order valence-corrected chi connectivity index (χ3v) is 9.44. The molecule has 4 heterocycles. The van der Waals surface area contributed by atoms with Crippen LogP contribution >= 0.6 is 0 Å². The van der Waals surface area contributed by atoms with E-state index >= 15 is 0 Å². The van der Waals surface area contributed by atoms with Crippen LogP contribution in [-0.4, -0.2) is 24.3 Å². The summed E-state index contributed by atoms with van der Waals surface area (Å²) >= 11 is 0. The van der Waals surface area contributed by atoms with Crippen molar-refractivity contribution in [3.63, 3.8) is 0 Å². The number of fused-ring (bicyclic) bond motifs is 7. The van der Waals surface area contributed by atoms with E-state index in [2.05, 4.69) is 144 Å². The predicted octanol–water partition coefficient (Wildman–Crippen LogP) is 10.8. The van der Waals surface area contributed by atoms with E-state index in [9.17, 15) is 0 Å². The Balaban J connectivity index is 1.16. The Morgan fingerprint density at radius 1 is 0.408 bits per heavy atom. The van der Waals surface area contributed by atoms with Crippen LogP contribution in [0.2, 0.25) is 0 Å². The van der Waals surface area contributed by atoms with Crippen LogP contribution in [0.15, 0.2) is 164 Å². The van der Waals surface area contributed by atoms with Gasteiger partial charge in [-0.25, -0.2) is 19.9 Å². The highest BCUT2D eigenvalue weighted by molar-refractivity contribution is 6.09. The molecule has 0 bridgehead atoms. The molecule has 228 valence electrons. The second kappa shape index (κ2) is 10.9. The van der Waals surface area contributed by atoms with E-state index in [-0.39, 0.29) is 0 Å². The first-order chi connectivity index (χ1) is 24.3. The number of nitrogens with zero attached hydrogens (tertiary/aromatic N) is 5. The molecule has 0 atom stereocenters. The first kappa shape index (κ1) is 27.4. The lowest BCUT2D eigenvalue weighted by molar-refractivity contribution is 1.19. The minimum atomic E-state index is 0.701. The highest BCUT2D eigenvalue weighted by Gasteiger charge is 2.17. The van der Waals surface area contributed by atoms with Crippen LogP contribution in [0.4, 0.5) is 0 Å². The molecule has 10 aromatic rings. The first-order valence-electron chi connectivity index (χ1n) is 16.4. The Kier molecular flexibility index (Phi) is 6.11. The summed E-state index contributed by atoms with van der Waals surface area (Å²) in [7, 11) is 0. The van der Waals surface area contributed by atoms with Crippen molar-refractivity contribution in [2.75, 3.05) is 0 Å². The fourth-order valence-corrected chi connectivity index (χ4v) is 7.07. The van der Waals surface area contributed by atoms with Crippen molar-refractivity contribution in [1.82, 2.24) is 24.3 Å². The molecule has 0 aliphatic heterocycles. The molecule has 4 aromatic heterocycles. The number of aromatic nitrogens is 5. The third-order valence-electron chi connectivity index (χ3n) is 9.44. The molecule has 0 radical (unpaired) electrons. The van der Waals surface area contributed by atoms with E-state index in [0.29, 0.717) is 5.82 Å². The van der Waals surface area contributed by atoms with Crippen molar-refractivity contribution in [3.8, 4) is 45.2 Å². The second-order valence-electron chi connectivity index (χ2n) is 12.3. The van der Waals surface area contributed by atoms with Gasteiger partial charge in [-0.15, -0.1) is 0 Å². The van der Waals surface area contributed by atoms with Crippen molar-refractivity contribution in [3.05, 3.63) is 164 Å². The van der Waals surface area contributed by atoms with Crippen LogP contribution in [0.25, 0.3) is 94.3 Å². The van der Waals surface area contributed by atoms with Gasteiger partial charge in [-0.2, -0.15) is 0 Å². The monoisotopic (exact) mass is 625 g/mol. The largest absolute Gasteiger partial charge is 0.284 e. The summed E-state index contributed by atoms with van der Waals surface area (Å²) < 4.78 is 2.06. The third kappa shape index (κ3) is 4.48. The molecule has 0 unspecified atom stereocenters. The molecule has 5 nitrogen and oxygen atoms in total. The predicted molar refractivity (Wildman–Crippen MR) is 200 cm³/mol. The normalized spacial score (nSPS) is 11.7. The summed E-state index contributed by atoms with van der Waals surface area (Å²) in [6, 6.07) is 54.7. The zero-order valence-corrected chi connectivity index (χ0v) is 26.3. The lowest BCUT2D eigenvalue weighted by atomic mass is 9.98. The van der Waals surface area contributed by atoms with Gasteiger partial charge in [-0.1, -0.05) is 140 Å². The molecular weight excluding hydrogens is 599 g/mol. The molecule has 49 heavy (non-hydrogen) atoms. The van der Waals surface area contributed by atoms with E-state index in [1.165, 1.54) is 5.39 Å². The van der Waals surface area contributed by atoms with E-state index in [0.717, 1.165) is 83.1 Å². The minimum Gasteiger partial charge on any atom is -0.284 e. The van der Waals surface area contributed by atoms with Crippen LogP contribution in [0.5, 0.6) is 0 Å². The van der Waals surface area contributed by atoms with Crippen LogP contribution in [0.3, 0.4) is 0 Å². The number of benzene rings is 6. The number of hydrogen-bond acceptors (Lipinski definition) is 4. The fourth-order valence-electron chi connectivity index (χ4n) is 7.07. The lowest BCUT2D eigenvalue weighted by Crippen LogP contribution is -1.97. The minimum absolute atomic E-state index is 0.701. The number of pyridine rings is 2.